The molecular weight excluding hydrogens is 311 g/mol. The van der Waals surface area contributed by atoms with E-state index in [0.717, 1.165) is 22.4 Å². The van der Waals surface area contributed by atoms with E-state index in [1.54, 1.807) is 12.1 Å². The van der Waals surface area contributed by atoms with Gasteiger partial charge in [-0.2, -0.15) is 0 Å². The van der Waals surface area contributed by atoms with Crippen LogP contribution in [-0.2, 0) is 13.0 Å². The molecule has 5 nitrogen and oxygen atoms in total. The average Bonchev–Trinajstić information content (AvgIpc) is 2.92. The lowest BCUT2D eigenvalue weighted by Crippen LogP contribution is -2.15. The summed E-state index contributed by atoms with van der Waals surface area (Å²) in [6, 6.07) is 10.1. The van der Waals surface area contributed by atoms with E-state index in [9.17, 15) is 9.50 Å². The van der Waals surface area contributed by atoms with Crippen molar-refractivity contribution in [3.05, 3.63) is 53.6 Å². The van der Waals surface area contributed by atoms with Gasteiger partial charge in [0.1, 0.15) is 24.9 Å². The van der Waals surface area contributed by atoms with Crippen LogP contribution in [0.5, 0.6) is 11.5 Å². The molecule has 3 aromatic rings. The van der Waals surface area contributed by atoms with E-state index in [1.807, 2.05) is 16.7 Å². The zero-order valence-corrected chi connectivity index (χ0v) is 13.0. The summed E-state index contributed by atoms with van der Waals surface area (Å²) in [6.07, 6.45) is 0.557. The van der Waals surface area contributed by atoms with Gasteiger partial charge in [0.2, 0.25) is 0 Å². The molecule has 1 aliphatic heterocycles. The van der Waals surface area contributed by atoms with Crippen molar-refractivity contribution < 1.29 is 19.0 Å². The van der Waals surface area contributed by atoms with Gasteiger partial charge in [-0.1, -0.05) is 12.1 Å². The van der Waals surface area contributed by atoms with Crippen molar-refractivity contribution in [3.8, 4) is 11.5 Å². The van der Waals surface area contributed by atoms with Crippen LogP contribution in [0.2, 0.25) is 0 Å². The number of benzene rings is 2. The first-order valence-electron chi connectivity index (χ1n) is 7.88. The van der Waals surface area contributed by atoms with Gasteiger partial charge in [0.05, 0.1) is 17.6 Å². The SMILES string of the molecule is OCCn1c(Cc2ccc(F)cc2)nc2cc3c(cc21)OCCO3. The molecule has 0 bridgehead atoms. The highest BCUT2D eigenvalue weighted by Gasteiger charge is 2.18. The minimum Gasteiger partial charge on any atom is -0.486 e. The Morgan fingerprint density at radius 1 is 1.08 bits per heavy atom. The second kappa shape index (κ2) is 6.13. The number of aliphatic hydroxyl groups excluding tert-OH is 1. The first-order valence-corrected chi connectivity index (χ1v) is 7.88. The van der Waals surface area contributed by atoms with Gasteiger partial charge < -0.3 is 19.1 Å². The van der Waals surface area contributed by atoms with Crippen molar-refractivity contribution in [1.82, 2.24) is 9.55 Å². The van der Waals surface area contributed by atoms with E-state index in [4.69, 9.17) is 9.47 Å². The van der Waals surface area contributed by atoms with E-state index >= 15 is 0 Å². The highest BCUT2D eigenvalue weighted by Crippen LogP contribution is 2.35. The number of hydrogen-bond acceptors (Lipinski definition) is 4. The number of hydrogen-bond donors (Lipinski definition) is 1. The molecule has 4 rings (SSSR count). The van der Waals surface area contributed by atoms with Crippen LogP contribution in [0.1, 0.15) is 11.4 Å². The third-order valence-electron chi connectivity index (χ3n) is 4.09. The number of imidazole rings is 1. The van der Waals surface area contributed by atoms with Gasteiger partial charge in [-0.05, 0) is 17.7 Å². The Morgan fingerprint density at radius 2 is 1.79 bits per heavy atom. The first-order chi connectivity index (χ1) is 11.7. The molecule has 0 amide bonds. The number of aromatic nitrogens is 2. The molecule has 0 aliphatic carbocycles. The average molecular weight is 328 g/mol. The number of aliphatic hydroxyl groups is 1. The Bertz CT molecular complexity index is 874. The normalized spacial score (nSPS) is 13.4. The Hall–Kier alpha value is -2.60. The molecule has 0 spiro atoms. The maximum absolute atomic E-state index is 13.1. The van der Waals surface area contributed by atoms with Crippen molar-refractivity contribution in [1.29, 1.82) is 0 Å². The van der Waals surface area contributed by atoms with Crippen LogP contribution in [0.25, 0.3) is 11.0 Å². The van der Waals surface area contributed by atoms with E-state index in [2.05, 4.69) is 4.98 Å². The highest BCUT2D eigenvalue weighted by atomic mass is 19.1. The summed E-state index contributed by atoms with van der Waals surface area (Å²) in [5.74, 6) is 1.94. The Labute approximate surface area is 138 Å². The standard InChI is InChI=1S/C18H17FN2O3/c19-13-3-1-12(2-4-13)9-18-20-14-10-16-17(24-8-7-23-16)11-15(14)21(18)5-6-22/h1-4,10-11,22H,5-9H2. The fourth-order valence-electron chi connectivity index (χ4n) is 2.98. The number of halogens is 1. The zero-order valence-electron chi connectivity index (χ0n) is 13.0. The molecular formula is C18H17FN2O3. The lowest BCUT2D eigenvalue weighted by molar-refractivity contribution is 0.172. The predicted molar refractivity (Wildman–Crippen MR) is 87.0 cm³/mol. The van der Waals surface area contributed by atoms with E-state index < -0.39 is 0 Å². The topological polar surface area (TPSA) is 56.5 Å². The Morgan fingerprint density at radius 3 is 2.50 bits per heavy atom. The molecule has 1 aliphatic rings. The van der Waals surface area contributed by atoms with E-state index in [-0.39, 0.29) is 12.4 Å². The summed E-state index contributed by atoms with van der Waals surface area (Å²) in [4.78, 5) is 4.68. The van der Waals surface area contributed by atoms with Gasteiger partial charge in [0.15, 0.2) is 11.5 Å². The summed E-state index contributed by atoms with van der Waals surface area (Å²) in [5.41, 5.74) is 2.65. The molecule has 0 saturated heterocycles. The second-order valence-corrected chi connectivity index (χ2v) is 5.69. The summed E-state index contributed by atoms with van der Waals surface area (Å²) >= 11 is 0. The van der Waals surface area contributed by atoms with Crippen LogP contribution in [-0.4, -0.2) is 34.5 Å². The second-order valence-electron chi connectivity index (χ2n) is 5.69. The summed E-state index contributed by atoms with van der Waals surface area (Å²) in [6.45, 7) is 1.50. The monoisotopic (exact) mass is 328 g/mol. The van der Waals surface area contributed by atoms with Crippen molar-refractivity contribution in [3.63, 3.8) is 0 Å². The largest absolute Gasteiger partial charge is 0.486 e. The molecule has 0 unspecified atom stereocenters. The fourth-order valence-corrected chi connectivity index (χ4v) is 2.98. The zero-order chi connectivity index (χ0) is 16.5. The molecule has 2 aromatic carbocycles. The summed E-state index contributed by atoms with van der Waals surface area (Å²) < 4.78 is 26.3. The molecule has 124 valence electrons. The van der Waals surface area contributed by atoms with E-state index in [0.29, 0.717) is 37.7 Å². The third-order valence-corrected chi connectivity index (χ3v) is 4.09. The minimum atomic E-state index is -0.260. The van der Waals surface area contributed by atoms with Crippen LogP contribution in [0, 0.1) is 5.82 Å². The van der Waals surface area contributed by atoms with Gasteiger partial charge in [0, 0.05) is 25.1 Å². The van der Waals surface area contributed by atoms with Crippen LogP contribution < -0.4 is 9.47 Å². The molecule has 24 heavy (non-hydrogen) atoms. The molecule has 0 saturated carbocycles. The van der Waals surface area contributed by atoms with Crippen LogP contribution in [0.15, 0.2) is 36.4 Å². The molecule has 6 heteroatoms. The van der Waals surface area contributed by atoms with E-state index in [1.165, 1.54) is 12.1 Å². The number of nitrogens with zero attached hydrogens (tertiary/aromatic N) is 2. The molecule has 0 fully saturated rings. The predicted octanol–water partition coefficient (Wildman–Crippen LogP) is 2.53. The first kappa shape index (κ1) is 15.0. The lowest BCUT2D eigenvalue weighted by atomic mass is 10.1. The van der Waals surface area contributed by atoms with Gasteiger partial charge in [-0.25, -0.2) is 9.37 Å². The quantitative estimate of drug-likeness (QED) is 0.800. The summed E-state index contributed by atoms with van der Waals surface area (Å²) in [5, 5.41) is 9.41. The Balaban J connectivity index is 1.78. The van der Waals surface area contributed by atoms with Gasteiger partial charge in [0.25, 0.3) is 0 Å². The van der Waals surface area contributed by atoms with Crippen molar-refractivity contribution in [2.75, 3.05) is 19.8 Å². The fraction of sp³-hybridized carbons (Fsp3) is 0.278. The van der Waals surface area contributed by atoms with Crippen molar-refractivity contribution >= 4 is 11.0 Å². The van der Waals surface area contributed by atoms with Crippen LogP contribution in [0.4, 0.5) is 4.39 Å². The van der Waals surface area contributed by atoms with Gasteiger partial charge in [-0.3, -0.25) is 0 Å². The highest BCUT2D eigenvalue weighted by molar-refractivity contribution is 5.81. The maximum Gasteiger partial charge on any atom is 0.163 e. The van der Waals surface area contributed by atoms with Crippen molar-refractivity contribution in [2.45, 2.75) is 13.0 Å². The van der Waals surface area contributed by atoms with Gasteiger partial charge >= 0.3 is 0 Å². The molecule has 1 N–H and O–H groups in total. The third kappa shape index (κ3) is 2.69. The van der Waals surface area contributed by atoms with Crippen LogP contribution >= 0.6 is 0 Å². The minimum absolute atomic E-state index is 0.0102. The lowest BCUT2D eigenvalue weighted by Gasteiger charge is -2.18. The van der Waals surface area contributed by atoms with Crippen LogP contribution in [0.3, 0.4) is 0 Å². The van der Waals surface area contributed by atoms with Gasteiger partial charge in [-0.15, -0.1) is 0 Å². The number of rotatable bonds is 4. The maximum atomic E-state index is 13.1. The Kier molecular flexibility index (Phi) is 3.82. The summed E-state index contributed by atoms with van der Waals surface area (Å²) in [7, 11) is 0. The molecule has 0 radical (unpaired) electrons. The number of ether oxygens (including phenoxy) is 2. The molecule has 2 heterocycles. The van der Waals surface area contributed by atoms with Crippen molar-refractivity contribution in [2.24, 2.45) is 0 Å². The molecule has 1 aromatic heterocycles. The smallest absolute Gasteiger partial charge is 0.163 e. The molecule has 0 atom stereocenters. The number of fused-ring (bicyclic) bond motifs is 2.